The first kappa shape index (κ1) is 15.3. The molecule has 0 fully saturated rings. The van der Waals surface area contributed by atoms with Gasteiger partial charge < -0.3 is 11.1 Å². The largest absolute Gasteiger partial charge is 0.352 e. The highest BCUT2D eigenvalue weighted by Crippen LogP contribution is 2.19. The van der Waals surface area contributed by atoms with Gasteiger partial charge in [-0.25, -0.2) is 9.48 Å². The third-order valence-corrected chi connectivity index (χ3v) is 3.49. The Morgan fingerprint density at radius 2 is 2.19 bits per heavy atom. The van der Waals surface area contributed by atoms with Crippen molar-refractivity contribution in [3.05, 3.63) is 46.2 Å². The van der Waals surface area contributed by atoms with E-state index in [0.717, 1.165) is 11.1 Å². The van der Waals surface area contributed by atoms with Gasteiger partial charge in [0, 0.05) is 5.02 Å². The molecule has 2 rings (SSSR count). The summed E-state index contributed by atoms with van der Waals surface area (Å²) in [5, 5.41) is 11.5. The summed E-state index contributed by atoms with van der Waals surface area (Å²) < 4.78 is 1.72. The molecule has 7 heteroatoms. The van der Waals surface area contributed by atoms with E-state index < -0.39 is 11.6 Å². The van der Waals surface area contributed by atoms with Gasteiger partial charge in [-0.15, -0.1) is 5.10 Å². The van der Waals surface area contributed by atoms with Crippen molar-refractivity contribution in [2.75, 3.05) is 0 Å². The van der Waals surface area contributed by atoms with Gasteiger partial charge in [-0.1, -0.05) is 22.9 Å². The Hall–Kier alpha value is -2.08. The van der Waals surface area contributed by atoms with Crippen molar-refractivity contribution in [3.8, 4) is 0 Å². The molecule has 6 nitrogen and oxygen atoms in total. The summed E-state index contributed by atoms with van der Waals surface area (Å²) in [6.07, 6.45) is 1.80. The number of aromatic nitrogens is 3. The molecule has 0 bridgehead atoms. The highest BCUT2D eigenvalue weighted by atomic mass is 35.5. The van der Waals surface area contributed by atoms with Crippen molar-refractivity contribution in [2.45, 2.75) is 32.9 Å². The van der Waals surface area contributed by atoms with Crippen LogP contribution in [-0.2, 0) is 12.1 Å². The monoisotopic (exact) mass is 307 g/mol. The van der Waals surface area contributed by atoms with Crippen LogP contribution in [0, 0.1) is 6.92 Å². The summed E-state index contributed by atoms with van der Waals surface area (Å²) in [6, 6.07) is 5.13. The molecule has 0 aliphatic heterocycles. The van der Waals surface area contributed by atoms with Crippen molar-refractivity contribution in [1.29, 1.82) is 0 Å². The van der Waals surface area contributed by atoms with E-state index in [1.807, 2.05) is 39.0 Å². The number of halogens is 1. The maximum Gasteiger partial charge on any atom is 0.312 e. The number of benzene rings is 1. The minimum atomic E-state index is -0.668. The summed E-state index contributed by atoms with van der Waals surface area (Å²) in [6.45, 7) is 6.22. The van der Waals surface area contributed by atoms with E-state index in [-0.39, 0.29) is 0 Å². The van der Waals surface area contributed by atoms with Crippen molar-refractivity contribution < 1.29 is 4.79 Å². The van der Waals surface area contributed by atoms with Crippen LogP contribution in [-0.4, -0.2) is 21.0 Å². The van der Waals surface area contributed by atoms with Crippen molar-refractivity contribution in [3.63, 3.8) is 0 Å². The second kappa shape index (κ2) is 5.73. The molecule has 0 unspecified atom stereocenters. The lowest BCUT2D eigenvalue weighted by atomic mass is 10.0. The molecule has 0 spiro atoms. The number of carbonyl (C=O) groups is 1. The van der Waals surface area contributed by atoms with Crippen LogP contribution in [0.25, 0.3) is 0 Å². The fraction of sp³-hybridized carbons (Fsp3) is 0.357. The third-order valence-electron chi connectivity index (χ3n) is 3.25. The van der Waals surface area contributed by atoms with E-state index in [2.05, 4.69) is 15.6 Å². The van der Waals surface area contributed by atoms with E-state index in [9.17, 15) is 4.79 Å². The van der Waals surface area contributed by atoms with Crippen LogP contribution in [0.5, 0.6) is 0 Å². The molecule has 0 atom stereocenters. The Bertz CT molecular complexity index is 665. The van der Waals surface area contributed by atoms with Crippen LogP contribution in [0.2, 0.25) is 5.02 Å². The number of carbonyl (C=O) groups excluding carboxylic acids is 1. The van der Waals surface area contributed by atoms with Crippen LogP contribution in [0.1, 0.15) is 30.7 Å². The number of primary amides is 1. The van der Waals surface area contributed by atoms with E-state index in [1.165, 1.54) is 0 Å². The number of rotatable bonds is 4. The second-order valence-corrected chi connectivity index (χ2v) is 5.92. The number of hydrogen-bond donors (Lipinski definition) is 2. The fourth-order valence-corrected chi connectivity index (χ4v) is 2.27. The summed E-state index contributed by atoms with van der Waals surface area (Å²) >= 11 is 5.95. The fourth-order valence-electron chi connectivity index (χ4n) is 2.05. The molecule has 3 N–H and O–H groups in total. The summed E-state index contributed by atoms with van der Waals surface area (Å²) in [5.41, 5.74) is 7.34. The summed E-state index contributed by atoms with van der Waals surface area (Å²) in [4.78, 5) is 11.0. The highest BCUT2D eigenvalue weighted by molar-refractivity contribution is 6.30. The number of nitrogens with one attached hydrogen (secondary N) is 1. The quantitative estimate of drug-likeness (QED) is 0.908. The normalized spacial score (nSPS) is 11.4. The average molecular weight is 308 g/mol. The Morgan fingerprint density at radius 3 is 2.81 bits per heavy atom. The number of urea groups is 1. The molecule has 1 aromatic heterocycles. The Morgan fingerprint density at radius 1 is 1.48 bits per heavy atom. The zero-order chi connectivity index (χ0) is 15.6. The van der Waals surface area contributed by atoms with Gasteiger partial charge in [-0.3, -0.25) is 0 Å². The van der Waals surface area contributed by atoms with Crippen molar-refractivity contribution >= 4 is 17.6 Å². The molecular formula is C14H18ClN5O. The summed E-state index contributed by atoms with van der Waals surface area (Å²) in [7, 11) is 0. The van der Waals surface area contributed by atoms with E-state index in [1.54, 1.807) is 10.9 Å². The Kier molecular flexibility index (Phi) is 4.18. The molecule has 0 saturated carbocycles. The van der Waals surface area contributed by atoms with Crippen molar-refractivity contribution in [2.24, 2.45) is 5.73 Å². The van der Waals surface area contributed by atoms with Crippen LogP contribution in [0.15, 0.2) is 24.4 Å². The lowest BCUT2D eigenvalue weighted by Gasteiger charge is -2.21. The number of aryl methyl sites for hydroxylation is 1. The smallest absolute Gasteiger partial charge is 0.312 e. The number of nitrogens with zero attached hydrogens (tertiary/aromatic N) is 3. The molecule has 112 valence electrons. The van der Waals surface area contributed by atoms with E-state index >= 15 is 0 Å². The average Bonchev–Trinajstić information content (AvgIpc) is 2.80. The molecule has 1 heterocycles. The first-order valence-electron chi connectivity index (χ1n) is 6.51. The molecule has 0 radical (unpaired) electrons. The first-order chi connectivity index (χ1) is 9.78. The minimum absolute atomic E-state index is 0.586. The van der Waals surface area contributed by atoms with Gasteiger partial charge in [0.1, 0.15) is 5.69 Å². The third kappa shape index (κ3) is 3.72. The van der Waals surface area contributed by atoms with E-state index in [4.69, 9.17) is 17.3 Å². The SMILES string of the molecule is Cc1cc(Cl)ccc1Cn1cc(C(C)(C)NC(N)=O)nn1. The van der Waals surface area contributed by atoms with Gasteiger partial charge in [-0.2, -0.15) is 0 Å². The van der Waals surface area contributed by atoms with Gasteiger partial charge in [0.25, 0.3) is 0 Å². The molecule has 2 amide bonds. The summed E-state index contributed by atoms with van der Waals surface area (Å²) in [5.74, 6) is 0. The maximum atomic E-state index is 11.0. The highest BCUT2D eigenvalue weighted by Gasteiger charge is 2.25. The molecule has 2 aromatic rings. The zero-order valence-corrected chi connectivity index (χ0v) is 13.0. The molecule has 0 aliphatic rings. The van der Waals surface area contributed by atoms with Gasteiger partial charge in [-0.05, 0) is 44.0 Å². The van der Waals surface area contributed by atoms with Crippen molar-refractivity contribution in [1.82, 2.24) is 20.3 Å². The van der Waals surface area contributed by atoms with Crippen LogP contribution < -0.4 is 11.1 Å². The molecular weight excluding hydrogens is 290 g/mol. The lowest BCUT2D eigenvalue weighted by molar-refractivity contribution is 0.238. The van der Waals surface area contributed by atoms with Gasteiger partial charge in [0.05, 0.1) is 18.3 Å². The van der Waals surface area contributed by atoms with Gasteiger partial charge >= 0.3 is 6.03 Å². The molecule has 21 heavy (non-hydrogen) atoms. The standard InChI is InChI=1S/C14H18ClN5O/c1-9-6-11(15)5-4-10(9)7-20-8-12(18-19-20)14(2,3)17-13(16)21/h4-6,8H,7H2,1-3H3,(H3,16,17,21). The Labute approximate surface area is 128 Å². The molecule has 0 aliphatic carbocycles. The number of amides is 2. The van der Waals surface area contributed by atoms with Crippen LogP contribution in [0.4, 0.5) is 4.79 Å². The zero-order valence-electron chi connectivity index (χ0n) is 12.2. The minimum Gasteiger partial charge on any atom is -0.352 e. The number of hydrogen-bond acceptors (Lipinski definition) is 3. The van der Waals surface area contributed by atoms with Crippen LogP contribution in [0.3, 0.4) is 0 Å². The molecule has 1 aromatic carbocycles. The second-order valence-electron chi connectivity index (χ2n) is 5.49. The topological polar surface area (TPSA) is 85.8 Å². The van der Waals surface area contributed by atoms with Crippen LogP contribution >= 0.6 is 11.6 Å². The lowest BCUT2D eigenvalue weighted by Crippen LogP contribution is -2.44. The van der Waals surface area contributed by atoms with E-state index in [0.29, 0.717) is 17.3 Å². The predicted molar refractivity (Wildman–Crippen MR) is 81.1 cm³/mol. The van der Waals surface area contributed by atoms with Gasteiger partial charge in [0.15, 0.2) is 0 Å². The first-order valence-corrected chi connectivity index (χ1v) is 6.89. The Balaban J connectivity index is 2.18. The molecule has 0 saturated heterocycles. The maximum absolute atomic E-state index is 11.0. The number of nitrogens with two attached hydrogens (primary N) is 1. The van der Waals surface area contributed by atoms with Gasteiger partial charge in [0.2, 0.25) is 0 Å². The predicted octanol–water partition coefficient (Wildman–Crippen LogP) is 2.19.